The van der Waals surface area contributed by atoms with Gasteiger partial charge in [0.1, 0.15) is 11.6 Å². The van der Waals surface area contributed by atoms with E-state index in [9.17, 15) is 9.90 Å². The van der Waals surface area contributed by atoms with Crippen molar-refractivity contribution < 1.29 is 9.90 Å². The lowest BCUT2D eigenvalue weighted by Crippen LogP contribution is -2.30. The number of likely N-dealkylation sites (N-methyl/N-ethyl adjacent to an activating group) is 1. The Labute approximate surface area is 152 Å². The van der Waals surface area contributed by atoms with Crippen LogP contribution in [0.1, 0.15) is 11.1 Å². The van der Waals surface area contributed by atoms with Crippen LogP contribution in [0.4, 0.5) is 11.5 Å². The lowest BCUT2D eigenvalue weighted by Gasteiger charge is -2.19. The fourth-order valence-electron chi connectivity index (χ4n) is 2.77. The second-order valence-corrected chi connectivity index (χ2v) is 6.29. The highest BCUT2D eigenvalue weighted by molar-refractivity contribution is 5.93. The van der Waals surface area contributed by atoms with Crippen molar-refractivity contribution in [1.82, 2.24) is 9.78 Å². The molecule has 3 aromatic rings. The third-order valence-electron chi connectivity index (χ3n) is 4.05. The van der Waals surface area contributed by atoms with Crippen LogP contribution in [0.15, 0.2) is 60.8 Å². The van der Waals surface area contributed by atoms with E-state index in [0.29, 0.717) is 12.4 Å². The SMILES string of the molecule is Cc1cccc(Cn2nccc2NC(=O)CN(C)c2cccc(O)c2)c1. The largest absolute Gasteiger partial charge is 0.508 e. The number of anilines is 2. The minimum atomic E-state index is -0.151. The zero-order chi connectivity index (χ0) is 18.5. The molecular weight excluding hydrogens is 328 g/mol. The maximum absolute atomic E-state index is 12.4. The summed E-state index contributed by atoms with van der Waals surface area (Å²) < 4.78 is 1.76. The number of phenols is 1. The molecule has 0 radical (unpaired) electrons. The molecule has 0 aliphatic heterocycles. The first-order chi connectivity index (χ1) is 12.5. The molecule has 0 saturated heterocycles. The summed E-state index contributed by atoms with van der Waals surface area (Å²) in [4.78, 5) is 14.2. The molecule has 1 heterocycles. The van der Waals surface area contributed by atoms with Gasteiger partial charge in [0, 0.05) is 24.9 Å². The Morgan fingerprint density at radius 1 is 1.19 bits per heavy atom. The van der Waals surface area contributed by atoms with E-state index >= 15 is 0 Å². The molecule has 2 N–H and O–H groups in total. The Bertz CT molecular complexity index is 904. The van der Waals surface area contributed by atoms with Crippen molar-refractivity contribution in [2.75, 3.05) is 23.8 Å². The lowest BCUT2D eigenvalue weighted by molar-refractivity contribution is -0.115. The van der Waals surface area contributed by atoms with Crippen molar-refractivity contribution in [2.45, 2.75) is 13.5 Å². The Kier molecular flexibility index (Phi) is 5.22. The highest BCUT2D eigenvalue weighted by Crippen LogP contribution is 2.19. The molecule has 6 heteroatoms. The molecule has 0 unspecified atom stereocenters. The molecule has 0 atom stereocenters. The van der Waals surface area contributed by atoms with Crippen LogP contribution in [0.3, 0.4) is 0 Å². The Balaban J connectivity index is 1.64. The Morgan fingerprint density at radius 3 is 2.77 bits per heavy atom. The Hall–Kier alpha value is -3.28. The van der Waals surface area contributed by atoms with Crippen molar-refractivity contribution in [2.24, 2.45) is 0 Å². The zero-order valence-electron chi connectivity index (χ0n) is 14.9. The van der Waals surface area contributed by atoms with Crippen LogP contribution in [0, 0.1) is 6.92 Å². The number of aryl methyl sites for hydroxylation is 1. The third kappa shape index (κ3) is 4.42. The number of nitrogens with zero attached hydrogens (tertiary/aromatic N) is 3. The van der Waals surface area contributed by atoms with Crippen LogP contribution >= 0.6 is 0 Å². The molecule has 0 bridgehead atoms. The minimum Gasteiger partial charge on any atom is -0.508 e. The molecular formula is C20H22N4O2. The van der Waals surface area contributed by atoms with E-state index in [0.717, 1.165) is 11.3 Å². The van der Waals surface area contributed by atoms with Gasteiger partial charge >= 0.3 is 0 Å². The fourth-order valence-corrected chi connectivity index (χ4v) is 2.77. The zero-order valence-corrected chi connectivity index (χ0v) is 14.9. The molecule has 2 aromatic carbocycles. The number of hydrogen-bond acceptors (Lipinski definition) is 4. The predicted octanol–water partition coefficient (Wildman–Crippen LogP) is 3.02. The van der Waals surface area contributed by atoms with Crippen LogP contribution in [-0.4, -0.2) is 34.4 Å². The number of phenolic OH excluding ortho intramolecular Hbond substituents is 1. The van der Waals surface area contributed by atoms with Gasteiger partial charge in [0.05, 0.1) is 19.3 Å². The smallest absolute Gasteiger partial charge is 0.245 e. The van der Waals surface area contributed by atoms with Gasteiger partial charge in [-0.15, -0.1) is 0 Å². The van der Waals surface area contributed by atoms with E-state index in [1.54, 1.807) is 47.1 Å². The summed E-state index contributed by atoms with van der Waals surface area (Å²) in [7, 11) is 1.80. The molecule has 0 aliphatic carbocycles. The van der Waals surface area contributed by atoms with Gasteiger partial charge in [0.25, 0.3) is 0 Å². The third-order valence-corrected chi connectivity index (χ3v) is 4.05. The highest BCUT2D eigenvalue weighted by atomic mass is 16.3. The molecule has 3 rings (SSSR count). The number of aromatic hydroxyl groups is 1. The average molecular weight is 350 g/mol. The number of nitrogens with one attached hydrogen (secondary N) is 1. The quantitative estimate of drug-likeness (QED) is 0.717. The van der Waals surface area contributed by atoms with Crippen LogP contribution in [0.25, 0.3) is 0 Å². The van der Waals surface area contributed by atoms with Gasteiger partial charge in [-0.1, -0.05) is 35.9 Å². The second kappa shape index (κ2) is 7.74. The molecule has 0 saturated carbocycles. The highest BCUT2D eigenvalue weighted by Gasteiger charge is 2.11. The van der Waals surface area contributed by atoms with Gasteiger partial charge in [-0.2, -0.15) is 5.10 Å². The van der Waals surface area contributed by atoms with E-state index in [4.69, 9.17) is 0 Å². The van der Waals surface area contributed by atoms with Gasteiger partial charge in [0.15, 0.2) is 0 Å². The summed E-state index contributed by atoms with van der Waals surface area (Å²) in [5, 5.41) is 16.8. The number of carbonyl (C=O) groups is 1. The van der Waals surface area contributed by atoms with Crippen LogP contribution < -0.4 is 10.2 Å². The van der Waals surface area contributed by atoms with Crippen molar-refractivity contribution in [1.29, 1.82) is 0 Å². The van der Waals surface area contributed by atoms with Crippen molar-refractivity contribution in [3.63, 3.8) is 0 Å². The van der Waals surface area contributed by atoms with Crippen molar-refractivity contribution in [3.05, 3.63) is 71.9 Å². The lowest BCUT2D eigenvalue weighted by atomic mass is 10.1. The van der Waals surface area contributed by atoms with E-state index < -0.39 is 0 Å². The molecule has 1 aromatic heterocycles. The van der Waals surface area contributed by atoms with Gasteiger partial charge in [-0.25, -0.2) is 4.68 Å². The number of carbonyl (C=O) groups excluding carboxylic acids is 1. The molecule has 26 heavy (non-hydrogen) atoms. The standard InChI is InChI=1S/C20H22N4O2/c1-15-5-3-6-16(11-15)13-24-19(9-10-21-24)22-20(26)14-23(2)17-7-4-8-18(25)12-17/h3-12,25H,13-14H2,1-2H3,(H,22,26). The molecule has 0 aliphatic rings. The number of rotatable bonds is 6. The molecule has 134 valence electrons. The molecule has 1 amide bonds. The normalized spacial score (nSPS) is 10.5. The summed E-state index contributed by atoms with van der Waals surface area (Å²) >= 11 is 0. The molecule has 0 fully saturated rings. The van der Waals surface area contributed by atoms with Gasteiger partial charge in [0.2, 0.25) is 5.91 Å². The molecule has 0 spiro atoms. The monoisotopic (exact) mass is 350 g/mol. The van der Waals surface area contributed by atoms with Crippen LogP contribution in [-0.2, 0) is 11.3 Å². The number of benzene rings is 2. The van der Waals surface area contributed by atoms with Crippen molar-refractivity contribution in [3.8, 4) is 5.75 Å². The predicted molar refractivity (Wildman–Crippen MR) is 103 cm³/mol. The van der Waals surface area contributed by atoms with Crippen molar-refractivity contribution >= 4 is 17.4 Å². The van der Waals surface area contributed by atoms with E-state index in [1.807, 2.05) is 31.2 Å². The van der Waals surface area contributed by atoms with Gasteiger partial charge in [-0.3, -0.25) is 4.79 Å². The average Bonchev–Trinajstić information content (AvgIpc) is 3.01. The molecule has 6 nitrogen and oxygen atoms in total. The number of aromatic nitrogens is 2. The second-order valence-electron chi connectivity index (χ2n) is 6.29. The number of hydrogen-bond donors (Lipinski definition) is 2. The van der Waals surface area contributed by atoms with E-state index in [-0.39, 0.29) is 18.2 Å². The van der Waals surface area contributed by atoms with Gasteiger partial charge in [-0.05, 0) is 24.6 Å². The summed E-state index contributed by atoms with van der Waals surface area (Å²) in [6, 6.07) is 16.8. The fraction of sp³-hybridized carbons (Fsp3) is 0.200. The summed E-state index contributed by atoms with van der Waals surface area (Å²) in [6.07, 6.45) is 1.67. The first-order valence-electron chi connectivity index (χ1n) is 8.38. The van der Waals surface area contributed by atoms with Crippen LogP contribution in [0.2, 0.25) is 0 Å². The van der Waals surface area contributed by atoms with E-state index in [2.05, 4.69) is 16.5 Å². The van der Waals surface area contributed by atoms with E-state index in [1.165, 1.54) is 5.56 Å². The first-order valence-corrected chi connectivity index (χ1v) is 8.38. The Morgan fingerprint density at radius 2 is 2.00 bits per heavy atom. The summed E-state index contributed by atoms with van der Waals surface area (Å²) in [5.41, 5.74) is 3.09. The van der Waals surface area contributed by atoms with Crippen LogP contribution in [0.5, 0.6) is 5.75 Å². The summed E-state index contributed by atoms with van der Waals surface area (Å²) in [5.74, 6) is 0.675. The maximum Gasteiger partial charge on any atom is 0.245 e. The first kappa shape index (κ1) is 17.5. The maximum atomic E-state index is 12.4. The van der Waals surface area contributed by atoms with Gasteiger partial charge < -0.3 is 15.3 Å². The minimum absolute atomic E-state index is 0.151. The summed E-state index contributed by atoms with van der Waals surface area (Å²) in [6.45, 7) is 2.80. The number of amides is 1. The topological polar surface area (TPSA) is 70.4 Å².